The van der Waals surface area contributed by atoms with Crippen LogP contribution in [-0.2, 0) is 5.41 Å². The van der Waals surface area contributed by atoms with Crippen LogP contribution in [0.15, 0.2) is 18.2 Å². The van der Waals surface area contributed by atoms with Crippen LogP contribution in [0.25, 0.3) is 11.3 Å². The molecule has 4 nitrogen and oxygen atoms in total. The third kappa shape index (κ3) is 2.38. The van der Waals surface area contributed by atoms with Crippen LogP contribution in [0, 0.1) is 5.82 Å². The van der Waals surface area contributed by atoms with Gasteiger partial charge in [-0.15, -0.1) is 0 Å². The first-order valence-corrected chi connectivity index (χ1v) is 6.19. The van der Waals surface area contributed by atoms with Crippen LogP contribution in [0.4, 0.5) is 10.2 Å². The predicted octanol–water partition coefficient (Wildman–Crippen LogP) is 2.94. The molecule has 2 aromatic rings. The van der Waals surface area contributed by atoms with Gasteiger partial charge in [-0.1, -0.05) is 32.4 Å². The summed E-state index contributed by atoms with van der Waals surface area (Å²) in [6.07, 6.45) is 0. The second-order valence-electron chi connectivity index (χ2n) is 5.41. The smallest absolute Gasteiger partial charge is 0.150 e. The Morgan fingerprint density at radius 3 is 2.47 bits per heavy atom. The lowest BCUT2D eigenvalue weighted by molar-refractivity contribution is 0.532. The van der Waals surface area contributed by atoms with Crippen molar-refractivity contribution in [2.24, 2.45) is 0 Å². The highest BCUT2D eigenvalue weighted by molar-refractivity contribution is 6.30. The second-order valence-corrected chi connectivity index (χ2v) is 5.85. The minimum absolute atomic E-state index is 0.214. The third-order valence-corrected chi connectivity index (χ3v) is 3.04. The number of nitrogen functional groups attached to an aromatic ring is 2. The molecule has 0 bridgehead atoms. The second kappa shape index (κ2) is 4.42. The zero-order valence-corrected chi connectivity index (χ0v) is 11.8. The lowest BCUT2D eigenvalue weighted by Gasteiger charge is -2.17. The quantitative estimate of drug-likeness (QED) is 0.790. The molecular formula is C13H16ClFN4. The number of hydrogen-bond donors (Lipinski definition) is 2. The zero-order valence-electron chi connectivity index (χ0n) is 11.0. The highest BCUT2D eigenvalue weighted by atomic mass is 35.5. The Bertz CT molecular complexity index is 628. The van der Waals surface area contributed by atoms with Crippen molar-refractivity contribution in [2.45, 2.75) is 26.2 Å². The van der Waals surface area contributed by atoms with Crippen LogP contribution in [-0.4, -0.2) is 9.66 Å². The van der Waals surface area contributed by atoms with Gasteiger partial charge in [0.1, 0.15) is 17.3 Å². The van der Waals surface area contributed by atoms with Gasteiger partial charge in [-0.25, -0.2) is 14.1 Å². The molecule has 0 unspecified atom stereocenters. The minimum atomic E-state index is -0.436. The molecule has 1 heterocycles. The van der Waals surface area contributed by atoms with Crippen LogP contribution in [0.5, 0.6) is 0 Å². The van der Waals surface area contributed by atoms with Crippen LogP contribution in [0.1, 0.15) is 26.6 Å². The van der Waals surface area contributed by atoms with Gasteiger partial charge in [0.15, 0.2) is 5.82 Å². The van der Waals surface area contributed by atoms with E-state index in [1.165, 1.54) is 22.9 Å². The van der Waals surface area contributed by atoms with Crippen LogP contribution in [0.2, 0.25) is 5.02 Å². The monoisotopic (exact) mass is 282 g/mol. The van der Waals surface area contributed by atoms with Crippen molar-refractivity contribution in [3.8, 4) is 11.3 Å². The van der Waals surface area contributed by atoms with Gasteiger partial charge >= 0.3 is 0 Å². The minimum Gasteiger partial charge on any atom is -0.382 e. The van der Waals surface area contributed by atoms with Crippen LogP contribution < -0.4 is 11.6 Å². The first kappa shape index (κ1) is 13.7. The molecule has 1 aromatic carbocycles. The summed E-state index contributed by atoms with van der Waals surface area (Å²) in [4.78, 5) is 4.37. The highest BCUT2D eigenvalue weighted by Crippen LogP contribution is 2.32. The molecule has 1 aromatic heterocycles. The van der Waals surface area contributed by atoms with Crippen molar-refractivity contribution >= 4 is 17.4 Å². The average Bonchev–Trinajstić information content (AvgIpc) is 2.59. The summed E-state index contributed by atoms with van der Waals surface area (Å²) in [6.45, 7) is 5.86. The maximum Gasteiger partial charge on any atom is 0.150 e. The molecule has 102 valence electrons. The average molecular weight is 283 g/mol. The summed E-state index contributed by atoms with van der Waals surface area (Å²) in [7, 11) is 0. The summed E-state index contributed by atoms with van der Waals surface area (Å²) in [5.41, 5.74) is 6.18. The molecule has 2 rings (SSSR count). The largest absolute Gasteiger partial charge is 0.382 e. The van der Waals surface area contributed by atoms with Gasteiger partial charge in [0.2, 0.25) is 0 Å². The molecule has 0 atom stereocenters. The maximum atomic E-state index is 13.9. The lowest BCUT2D eigenvalue weighted by Crippen LogP contribution is -2.24. The van der Waals surface area contributed by atoms with Gasteiger partial charge in [-0.2, -0.15) is 0 Å². The fourth-order valence-corrected chi connectivity index (χ4v) is 2.02. The number of rotatable bonds is 1. The van der Waals surface area contributed by atoms with Gasteiger partial charge in [-0.05, 0) is 18.2 Å². The zero-order chi connectivity index (χ0) is 14.4. The van der Waals surface area contributed by atoms with Gasteiger partial charge in [0.25, 0.3) is 0 Å². The van der Waals surface area contributed by atoms with E-state index in [1.807, 2.05) is 20.8 Å². The van der Waals surface area contributed by atoms with Gasteiger partial charge in [0.05, 0.1) is 0 Å². The van der Waals surface area contributed by atoms with E-state index in [0.29, 0.717) is 16.5 Å². The molecule has 0 fully saturated rings. The Hall–Kier alpha value is -1.75. The van der Waals surface area contributed by atoms with E-state index in [-0.39, 0.29) is 16.8 Å². The van der Waals surface area contributed by atoms with Crippen molar-refractivity contribution in [3.63, 3.8) is 0 Å². The molecule has 6 heteroatoms. The number of anilines is 1. The van der Waals surface area contributed by atoms with Crippen molar-refractivity contribution < 1.29 is 4.39 Å². The number of benzene rings is 1. The first-order chi connectivity index (χ1) is 8.71. The van der Waals surface area contributed by atoms with Crippen molar-refractivity contribution in [2.75, 3.05) is 11.6 Å². The molecule has 19 heavy (non-hydrogen) atoms. The number of nitrogens with zero attached hydrogens (tertiary/aromatic N) is 2. The van der Waals surface area contributed by atoms with Crippen molar-refractivity contribution in [1.29, 1.82) is 0 Å². The molecule has 4 N–H and O–H groups in total. The fourth-order valence-electron chi connectivity index (χ4n) is 1.85. The third-order valence-electron chi connectivity index (χ3n) is 2.80. The Labute approximate surface area is 116 Å². The molecular weight excluding hydrogens is 267 g/mol. The summed E-state index contributed by atoms with van der Waals surface area (Å²) >= 11 is 5.88. The van der Waals surface area contributed by atoms with E-state index in [1.54, 1.807) is 0 Å². The van der Waals surface area contributed by atoms with E-state index in [2.05, 4.69) is 4.98 Å². The number of hydrogen-bond acceptors (Lipinski definition) is 3. The number of nitrogens with two attached hydrogens (primary N) is 2. The number of halogens is 2. The van der Waals surface area contributed by atoms with E-state index in [9.17, 15) is 4.39 Å². The fraction of sp³-hybridized carbons (Fsp3) is 0.308. The Kier molecular flexibility index (Phi) is 3.18. The normalized spacial score (nSPS) is 11.8. The first-order valence-electron chi connectivity index (χ1n) is 5.81. The Morgan fingerprint density at radius 2 is 1.95 bits per heavy atom. The van der Waals surface area contributed by atoms with E-state index < -0.39 is 5.82 Å². The Balaban J connectivity index is 2.67. The standard InChI is InChI=1S/C13H16ClFN4/c1-13(2,3)12-18-10(11(16)19(12)17)8-6-7(14)4-5-9(8)15/h4-6H,16-17H2,1-3H3. The van der Waals surface area contributed by atoms with Crippen LogP contribution >= 0.6 is 11.6 Å². The molecule has 0 aliphatic carbocycles. The lowest BCUT2D eigenvalue weighted by atomic mass is 9.96. The van der Waals surface area contributed by atoms with Crippen molar-refractivity contribution in [3.05, 3.63) is 34.9 Å². The number of imidazole rings is 1. The molecule has 0 aliphatic heterocycles. The SMILES string of the molecule is CC(C)(C)c1nc(-c2cc(Cl)ccc2F)c(N)n1N. The molecule has 0 saturated carbocycles. The van der Waals surface area contributed by atoms with Crippen molar-refractivity contribution in [1.82, 2.24) is 9.66 Å². The summed E-state index contributed by atoms with van der Waals surface area (Å²) < 4.78 is 15.2. The summed E-state index contributed by atoms with van der Waals surface area (Å²) in [6, 6.07) is 4.24. The van der Waals surface area contributed by atoms with E-state index in [0.717, 1.165) is 0 Å². The van der Waals surface area contributed by atoms with Gasteiger partial charge < -0.3 is 11.6 Å². The number of aromatic nitrogens is 2. The molecule has 0 saturated heterocycles. The maximum absolute atomic E-state index is 13.9. The highest BCUT2D eigenvalue weighted by Gasteiger charge is 2.25. The van der Waals surface area contributed by atoms with E-state index in [4.69, 9.17) is 23.2 Å². The topological polar surface area (TPSA) is 69.9 Å². The molecule has 0 aliphatic rings. The van der Waals surface area contributed by atoms with Crippen LogP contribution in [0.3, 0.4) is 0 Å². The molecule has 0 spiro atoms. The van der Waals surface area contributed by atoms with Gasteiger partial charge in [-0.3, -0.25) is 0 Å². The summed E-state index contributed by atoms with van der Waals surface area (Å²) in [5, 5.41) is 0.416. The Morgan fingerprint density at radius 1 is 1.32 bits per heavy atom. The van der Waals surface area contributed by atoms with Gasteiger partial charge in [0, 0.05) is 16.0 Å². The molecule has 0 amide bonds. The molecule has 0 radical (unpaired) electrons. The predicted molar refractivity (Wildman–Crippen MR) is 75.9 cm³/mol. The van der Waals surface area contributed by atoms with E-state index >= 15 is 0 Å². The summed E-state index contributed by atoms with van der Waals surface area (Å²) in [5.74, 6) is 6.25.